The van der Waals surface area contributed by atoms with E-state index in [1.165, 1.54) is 29.2 Å². The Balaban J connectivity index is 1.33. The molecule has 4 rings (SSSR count). The van der Waals surface area contributed by atoms with Gasteiger partial charge in [-0.2, -0.15) is 5.10 Å². The quantitative estimate of drug-likeness (QED) is 0.519. The number of alkyl halides is 2. The molecule has 3 heterocycles. The van der Waals surface area contributed by atoms with Crippen LogP contribution >= 0.6 is 0 Å². The van der Waals surface area contributed by atoms with Gasteiger partial charge in [0.15, 0.2) is 6.61 Å². The normalized spacial score (nSPS) is 18.4. The molecule has 9 nitrogen and oxygen atoms in total. The Bertz CT molecular complexity index is 1190. The maximum atomic E-state index is 13.0. The van der Waals surface area contributed by atoms with Crippen molar-refractivity contribution in [3.63, 3.8) is 0 Å². The summed E-state index contributed by atoms with van der Waals surface area (Å²) >= 11 is 0. The first kappa shape index (κ1) is 23.4. The standard InChI is InChI=1S/C23H25F2N5O4/c1-23(24,25)13-33-16-8-9-19-18(11-28-30(19)12-16)21(32)29-14-4-6-15(7-5-14)34-22-17(20(26)31)3-2-10-27-22/h2-3,8-12,14-15H,4-7,13H2,1H3,(H2,26,31)(H,29,32). The molecule has 180 valence electrons. The smallest absolute Gasteiger partial charge is 0.278 e. The molecule has 0 aliphatic heterocycles. The number of carbonyl (C=O) groups excluding carboxylic acids is 2. The number of hydrogen-bond acceptors (Lipinski definition) is 6. The van der Waals surface area contributed by atoms with E-state index in [1.807, 2.05) is 0 Å². The third kappa shape index (κ3) is 5.59. The molecule has 34 heavy (non-hydrogen) atoms. The molecule has 1 saturated carbocycles. The zero-order valence-electron chi connectivity index (χ0n) is 18.5. The minimum absolute atomic E-state index is 0.0453. The number of nitrogens with two attached hydrogens (primary N) is 1. The lowest BCUT2D eigenvalue weighted by Crippen LogP contribution is -2.39. The average molecular weight is 473 g/mol. The van der Waals surface area contributed by atoms with Gasteiger partial charge in [-0.25, -0.2) is 18.3 Å². The summed E-state index contributed by atoms with van der Waals surface area (Å²) in [4.78, 5) is 28.5. The fraction of sp³-hybridized carbons (Fsp3) is 0.391. The Kier molecular flexibility index (Phi) is 6.62. The second-order valence-corrected chi connectivity index (χ2v) is 8.40. The molecule has 1 fully saturated rings. The van der Waals surface area contributed by atoms with Crippen molar-refractivity contribution in [2.24, 2.45) is 5.73 Å². The number of primary amides is 1. The Hall–Kier alpha value is -3.76. The summed E-state index contributed by atoms with van der Waals surface area (Å²) in [6.45, 7) is 0.0298. The lowest BCUT2D eigenvalue weighted by atomic mass is 9.92. The van der Waals surface area contributed by atoms with Crippen molar-refractivity contribution in [3.05, 3.63) is 54.0 Å². The SMILES string of the molecule is CC(F)(F)COc1ccc2c(C(=O)NC3CCC(Oc4ncccc4C(N)=O)CC3)cnn2c1. The van der Waals surface area contributed by atoms with Crippen LogP contribution in [0.1, 0.15) is 53.3 Å². The van der Waals surface area contributed by atoms with Gasteiger partial charge in [0.05, 0.1) is 23.5 Å². The molecule has 0 spiro atoms. The minimum Gasteiger partial charge on any atom is -0.486 e. The maximum absolute atomic E-state index is 13.0. The molecule has 0 aromatic carbocycles. The second kappa shape index (κ2) is 9.62. The van der Waals surface area contributed by atoms with Gasteiger partial charge in [0.2, 0.25) is 5.88 Å². The van der Waals surface area contributed by atoms with Crippen molar-refractivity contribution in [2.75, 3.05) is 6.61 Å². The third-order valence-electron chi connectivity index (χ3n) is 5.55. The average Bonchev–Trinajstić information content (AvgIpc) is 3.22. The topological polar surface area (TPSA) is 121 Å². The van der Waals surface area contributed by atoms with Crippen LogP contribution in [-0.4, -0.2) is 51.1 Å². The summed E-state index contributed by atoms with van der Waals surface area (Å²) in [7, 11) is 0. The first-order valence-corrected chi connectivity index (χ1v) is 10.9. The number of aromatic nitrogens is 3. The number of fused-ring (bicyclic) bond motifs is 1. The number of ether oxygens (including phenoxy) is 2. The maximum Gasteiger partial charge on any atom is 0.278 e. The molecule has 3 aromatic heterocycles. The van der Waals surface area contributed by atoms with E-state index in [0.29, 0.717) is 36.8 Å². The van der Waals surface area contributed by atoms with Crippen molar-refractivity contribution < 1.29 is 27.8 Å². The molecule has 0 saturated heterocycles. The van der Waals surface area contributed by atoms with Crippen LogP contribution in [0.15, 0.2) is 42.9 Å². The van der Waals surface area contributed by atoms with Gasteiger partial charge in [0.25, 0.3) is 17.7 Å². The lowest BCUT2D eigenvalue weighted by molar-refractivity contribution is -0.0231. The Morgan fingerprint density at radius 2 is 1.97 bits per heavy atom. The van der Waals surface area contributed by atoms with Crippen LogP contribution in [0.2, 0.25) is 0 Å². The first-order valence-electron chi connectivity index (χ1n) is 10.9. The van der Waals surface area contributed by atoms with Crippen LogP contribution in [0, 0.1) is 0 Å². The van der Waals surface area contributed by atoms with E-state index in [2.05, 4.69) is 15.4 Å². The van der Waals surface area contributed by atoms with Crippen molar-refractivity contribution in [1.82, 2.24) is 19.9 Å². The van der Waals surface area contributed by atoms with E-state index in [0.717, 1.165) is 6.92 Å². The predicted octanol–water partition coefficient (Wildman–Crippen LogP) is 2.98. The number of amides is 2. The van der Waals surface area contributed by atoms with Crippen molar-refractivity contribution in [1.29, 1.82) is 0 Å². The van der Waals surface area contributed by atoms with Crippen molar-refractivity contribution in [2.45, 2.75) is 50.7 Å². The van der Waals surface area contributed by atoms with Crippen LogP contribution < -0.4 is 20.5 Å². The monoisotopic (exact) mass is 473 g/mol. The number of nitrogens with zero attached hydrogens (tertiary/aromatic N) is 3. The highest BCUT2D eigenvalue weighted by molar-refractivity contribution is 6.00. The van der Waals surface area contributed by atoms with E-state index in [9.17, 15) is 18.4 Å². The molecule has 3 aromatic rings. The summed E-state index contributed by atoms with van der Waals surface area (Å²) in [5.41, 5.74) is 6.53. The van der Waals surface area contributed by atoms with Crippen LogP contribution in [0.25, 0.3) is 5.52 Å². The first-order chi connectivity index (χ1) is 16.2. The summed E-state index contributed by atoms with van der Waals surface area (Å²) in [5.74, 6) is -3.36. The van der Waals surface area contributed by atoms with Gasteiger partial charge in [-0.1, -0.05) is 0 Å². The molecular formula is C23H25F2N5O4. The molecule has 11 heteroatoms. The minimum atomic E-state index is -2.95. The van der Waals surface area contributed by atoms with Gasteiger partial charge in [0.1, 0.15) is 17.4 Å². The number of carbonyl (C=O) groups is 2. The number of nitrogens with one attached hydrogen (secondary N) is 1. The lowest BCUT2D eigenvalue weighted by Gasteiger charge is -2.29. The van der Waals surface area contributed by atoms with Crippen LogP contribution in [-0.2, 0) is 0 Å². The Morgan fingerprint density at radius 1 is 1.21 bits per heavy atom. The van der Waals surface area contributed by atoms with Crippen LogP contribution in [0.4, 0.5) is 8.78 Å². The Labute approximate surface area is 194 Å². The highest BCUT2D eigenvalue weighted by atomic mass is 19.3. The fourth-order valence-electron chi connectivity index (χ4n) is 3.85. The van der Waals surface area contributed by atoms with E-state index in [4.69, 9.17) is 15.2 Å². The molecule has 3 N–H and O–H groups in total. The zero-order chi connectivity index (χ0) is 24.3. The molecule has 1 aliphatic carbocycles. The van der Waals surface area contributed by atoms with Gasteiger partial charge in [-0.15, -0.1) is 0 Å². The molecule has 0 unspecified atom stereocenters. The molecular weight excluding hydrogens is 448 g/mol. The largest absolute Gasteiger partial charge is 0.486 e. The number of hydrogen-bond donors (Lipinski definition) is 2. The molecule has 0 atom stereocenters. The second-order valence-electron chi connectivity index (χ2n) is 8.40. The fourth-order valence-corrected chi connectivity index (χ4v) is 3.85. The van der Waals surface area contributed by atoms with Gasteiger partial charge >= 0.3 is 0 Å². The van der Waals surface area contributed by atoms with Crippen molar-refractivity contribution in [3.8, 4) is 11.6 Å². The van der Waals surface area contributed by atoms with Crippen LogP contribution in [0.5, 0.6) is 11.6 Å². The van der Waals surface area contributed by atoms with E-state index in [1.54, 1.807) is 18.2 Å². The zero-order valence-corrected chi connectivity index (χ0v) is 18.5. The summed E-state index contributed by atoms with van der Waals surface area (Å²) in [5, 5.41) is 7.16. The van der Waals surface area contributed by atoms with Crippen LogP contribution in [0.3, 0.4) is 0 Å². The highest BCUT2D eigenvalue weighted by Crippen LogP contribution is 2.25. The summed E-state index contributed by atoms with van der Waals surface area (Å²) in [6, 6.07) is 6.29. The third-order valence-corrected chi connectivity index (χ3v) is 5.55. The van der Waals surface area contributed by atoms with Gasteiger partial charge < -0.3 is 20.5 Å². The molecule has 1 aliphatic rings. The van der Waals surface area contributed by atoms with Gasteiger partial charge in [-0.3, -0.25) is 9.59 Å². The Morgan fingerprint density at radius 3 is 2.68 bits per heavy atom. The molecule has 0 radical (unpaired) electrons. The molecule has 0 bridgehead atoms. The summed E-state index contributed by atoms with van der Waals surface area (Å²) < 4.78 is 38.4. The number of halogens is 2. The number of pyridine rings is 2. The highest BCUT2D eigenvalue weighted by Gasteiger charge is 2.26. The van der Waals surface area contributed by atoms with E-state index >= 15 is 0 Å². The van der Waals surface area contributed by atoms with E-state index in [-0.39, 0.29) is 35.2 Å². The van der Waals surface area contributed by atoms with Gasteiger partial charge in [0, 0.05) is 19.2 Å². The number of rotatable bonds is 8. The van der Waals surface area contributed by atoms with Gasteiger partial charge in [-0.05, 0) is 49.9 Å². The van der Waals surface area contributed by atoms with Crippen molar-refractivity contribution >= 4 is 17.3 Å². The summed E-state index contributed by atoms with van der Waals surface area (Å²) in [6.07, 6.45) is 7.04. The molecule has 2 amide bonds. The van der Waals surface area contributed by atoms with E-state index < -0.39 is 18.4 Å². The predicted molar refractivity (Wildman–Crippen MR) is 118 cm³/mol.